The largest absolute Gasteiger partial charge is 0.493 e. The van der Waals surface area contributed by atoms with Crippen LogP contribution in [0.5, 0.6) is 5.75 Å². The second-order valence-corrected chi connectivity index (χ2v) is 9.52. The molecule has 158 valence electrons. The van der Waals surface area contributed by atoms with Gasteiger partial charge in [-0.25, -0.2) is 13.1 Å². The minimum absolute atomic E-state index is 0.310. The standard InChI is InChI=1S/C22H31N3O3S/c1-4-28-22-17(2)12-21(13-18(22)3)29(26,27)24-15-19-7-10-25(11-8-19)16-20-6-5-9-23-14-20/h5-6,9,12-14,19,24H,4,7-8,10-11,15-16H2,1-3H3. The zero-order chi connectivity index (χ0) is 20.9. The van der Waals surface area contributed by atoms with Crippen LogP contribution in [0.1, 0.15) is 36.5 Å². The molecule has 7 heteroatoms. The molecule has 2 heterocycles. The molecular weight excluding hydrogens is 386 g/mol. The fourth-order valence-corrected chi connectivity index (χ4v) is 5.13. The first-order valence-corrected chi connectivity index (χ1v) is 11.7. The Morgan fingerprint density at radius 1 is 1.21 bits per heavy atom. The van der Waals surface area contributed by atoms with Crippen LogP contribution in [0.25, 0.3) is 0 Å². The summed E-state index contributed by atoms with van der Waals surface area (Å²) in [5.74, 6) is 1.13. The molecule has 2 aromatic rings. The lowest BCUT2D eigenvalue weighted by Gasteiger charge is -2.32. The molecule has 0 unspecified atom stereocenters. The van der Waals surface area contributed by atoms with E-state index in [4.69, 9.17) is 4.74 Å². The minimum atomic E-state index is -3.53. The van der Waals surface area contributed by atoms with E-state index >= 15 is 0 Å². The smallest absolute Gasteiger partial charge is 0.240 e. The van der Waals surface area contributed by atoms with Crippen molar-refractivity contribution in [3.8, 4) is 5.75 Å². The number of ether oxygens (including phenoxy) is 1. The highest BCUT2D eigenvalue weighted by molar-refractivity contribution is 7.89. The highest BCUT2D eigenvalue weighted by Gasteiger charge is 2.23. The van der Waals surface area contributed by atoms with Gasteiger partial charge in [0.2, 0.25) is 10.0 Å². The summed E-state index contributed by atoms with van der Waals surface area (Å²) >= 11 is 0. The number of pyridine rings is 1. The third-order valence-corrected chi connectivity index (χ3v) is 6.83. The maximum absolute atomic E-state index is 12.8. The van der Waals surface area contributed by atoms with Gasteiger partial charge in [0.25, 0.3) is 0 Å². The average Bonchev–Trinajstić information content (AvgIpc) is 2.71. The van der Waals surface area contributed by atoms with Crippen molar-refractivity contribution in [2.24, 2.45) is 5.92 Å². The van der Waals surface area contributed by atoms with Gasteiger partial charge in [0.1, 0.15) is 5.75 Å². The summed E-state index contributed by atoms with van der Waals surface area (Å²) in [5, 5.41) is 0. The number of rotatable bonds is 8. The lowest BCUT2D eigenvalue weighted by Crippen LogP contribution is -2.38. The molecular formula is C22H31N3O3S. The van der Waals surface area contributed by atoms with Gasteiger partial charge < -0.3 is 4.74 Å². The predicted octanol–water partition coefficient (Wildman–Crippen LogP) is 3.29. The van der Waals surface area contributed by atoms with Crippen molar-refractivity contribution in [3.63, 3.8) is 0 Å². The van der Waals surface area contributed by atoms with E-state index < -0.39 is 10.0 Å². The molecule has 0 spiro atoms. The molecule has 0 aliphatic carbocycles. The monoisotopic (exact) mass is 417 g/mol. The van der Waals surface area contributed by atoms with Gasteiger partial charge in [0.15, 0.2) is 0 Å². The number of aromatic nitrogens is 1. The molecule has 1 fully saturated rings. The van der Waals surface area contributed by atoms with E-state index in [1.165, 1.54) is 5.56 Å². The van der Waals surface area contributed by atoms with Crippen LogP contribution in [0, 0.1) is 19.8 Å². The van der Waals surface area contributed by atoms with Gasteiger partial charge in [0.05, 0.1) is 11.5 Å². The number of nitrogens with one attached hydrogen (secondary N) is 1. The molecule has 1 N–H and O–H groups in total. The highest BCUT2D eigenvalue weighted by Crippen LogP contribution is 2.27. The van der Waals surface area contributed by atoms with Gasteiger partial charge in [-0.2, -0.15) is 0 Å². The summed E-state index contributed by atoms with van der Waals surface area (Å²) in [6.07, 6.45) is 5.67. The first-order valence-electron chi connectivity index (χ1n) is 10.2. The molecule has 0 amide bonds. The van der Waals surface area contributed by atoms with Gasteiger partial charge in [0, 0.05) is 25.5 Å². The van der Waals surface area contributed by atoms with Crippen molar-refractivity contribution in [2.45, 2.75) is 45.1 Å². The van der Waals surface area contributed by atoms with Crippen LogP contribution in [0.3, 0.4) is 0 Å². The maximum atomic E-state index is 12.8. The van der Waals surface area contributed by atoms with Crippen molar-refractivity contribution in [2.75, 3.05) is 26.2 Å². The van der Waals surface area contributed by atoms with Crippen molar-refractivity contribution >= 4 is 10.0 Å². The molecule has 6 nitrogen and oxygen atoms in total. The predicted molar refractivity (Wildman–Crippen MR) is 115 cm³/mol. The third-order valence-electron chi connectivity index (χ3n) is 5.43. The molecule has 1 aromatic carbocycles. The SMILES string of the molecule is CCOc1c(C)cc(S(=O)(=O)NCC2CCN(Cc3cccnc3)CC2)cc1C. The molecule has 1 aliphatic heterocycles. The number of benzene rings is 1. The van der Waals surface area contributed by atoms with E-state index in [1.807, 2.05) is 33.0 Å². The van der Waals surface area contributed by atoms with E-state index in [0.29, 0.717) is 24.0 Å². The quantitative estimate of drug-likeness (QED) is 0.714. The number of nitrogens with zero attached hydrogens (tertiary/aromatic N) is 2. The van der Waals surface area contributed by atoms with Gasteiger partial charge in [-0.15, -0.1) is 0 Å². The van der Waals surface area contributed by atoms with Gasteiger partial charge >= 0.3 is 0 Å². The summed E-state index contributed by atoms with van der Waals surface area (Å²) in [7, 11) is -3.53. The summed E-state index contributed by atoms with van der Waals surface area (Å²) in [5.41, 5.74) is 2.90. The Bertz CT molecular complexity index is 885. The normalized spacial score (nSPS) is 16.1. The first kappa shape index (κ1) is 21.7. The van der Waals surface area contributed by atoms with Crippen molar-refractivity contribution in [1.82, 2.24) is 14.6 Å². The van der Waals surface area contributed by atoms with E-state index in [-0.39, 0.29) is 0 Å². The molecule has 1 aliphatic rings. The van der Waals surface area contributed by atoms with Crippen LogP contribution in [0.2, 0.25) is 0 Å². The maximum Gasteiger partial charge on any atom is 0.240 e. The number of likely N-dealkylation sites (tertiary alicyclic amines) is 1. The van der Waals surface area contributed by atoms with Crippen molar-refractivity contribution in [1.29, 1.82) is 0 Å². The second kappa shape index (κ2) is 9.69. The van der Waals surface area contributed by atoms with Crippen LogP contribution >= 0.6 is 0 Å². The van der Waals surface area contributed by atoms with Crippen LogP contribution in [-0.2, 0) is 16.6 Å². The second-order valence-electron chi connectivity index (χ2n) is 7.75. The highest BCUT2D eigenvalue weighted by atomic mass is 32.2. The molecule has 0 atom stereocenters. The number of hydrogen-bond donors (Lipinski definition) is 1. The summed E-state index contributed by atoms with van der Waals surface area (Å²) < 4.78 is 34.0. The van der Waals surface area contributed by atoms with Crippen LogP contribution in [0.15, 0.2) is 41.6 Å². The Kier molecular flexibility index (Phi) is 7.27. The van der Waals surface area contributed by atoms with Crippen molar-refractivity contribution in [3.05, 3.63) is 53.3 Å². The summed E-state index contributed by atoms with van der Waals surface area (Å²) in [6.45, 7) is 9.58. The number of hydrogen-bond acceptors (Lipinski definition) is 5. The van der Waals surface area contributed by atoms with E-state index in [1.54, 1.807) is 18.3 Å². The number of aryl methyl sites for hydroxylation is 2. The van der Waals surface area contributed by atoms with Gasteiger partial charge in [-0.1, -0.05) is 6.07 Å². The van der Waals surface area contributed by atoms with E-state index in [0.717, 1.165) is 49.4 Å². The van der Waals surface area contributed by atoms with Crippen LogP contribution in [0.4, 0.5) is 0 Å². The molecule has 0 saturated carbocycles. The topological polar surface area (TPSA) is 71.5 Å². The Hall–Kier alpha value is -1.96. The fraction of sp³-hybridized carbons (Fsp3) is 0.500. The zero-order valence-electron chi connectivity index (χ0n) is 17.5. The van der Waals surface area contributed by atoms with E-state index in [9.17, 15) is 8.42 Å². The Morgan fingerprint density at radius 2 is 1.90 bits per heavy atom. The fourth-order valence-electron chi connectivity index (χ4n) is 3.85. The molecule has 29 heavy (non-hydrogen) atoms. The zero-order valence-corrected chi connectivity index (χ0v) is 18.3. The van der Waals surface area contributed by atoms with Crippen molar-refractivity contribution < 1.29 is 13.2 Å². The van der Waals surface area contributed by atoms with Gasteiger partial charge in [-0.3, -0.25) is 9.88 Å². The van der Waals surface area contributed by atoms with Gasteiger partial charge in [-0.05, 0) is 87.5 Å². The first-order chi connectivity index (χ1) is 13.9. The molecule has 1 saturated heterocycles. The Balaban J connectivity index is 1.53. The number of sulfonamides is 1. The molecule has 0 radical (unpaired) electrons. The molecule has 0 bridgehead atoms. The van der Waals surface area contributed by atoms with E-state index in [2.05, 4.69) is 20.7 Å². The lowest BCUT2D eigenvalue weighted by atomic mass is 9.97. The average molecular weight is 418 g/mol. The molecule has 1 aromatic heterocycles. The summed E-state index contributed by atoms with van der Waals surface area (Å²) in [6, 6.07) is 7.43. The molecule has 3 rings (SSSR count). The lowest BCUT2D eigenvalue weighted by molar-refractivity contribution is 0.178. The Labute approximate surface area is 174 Å². The summed E-state index contributed by atoms with van der Waals surface area (Å²) in [4.78, 5) is 6.88. The van der Waals surface area contributed by atoms with Crippen LogP contribution in [-0.4, -0.2) is 44.5 Å². The minimum Gasteiger partial charge on any atom is -0.493 e. The third kappa shape index (κ3) is 5.78. The number of piperidine rings is 1. The van der Waals surface area contributed by atoms with Crippen LogP contribution < -0.4 is 9.46 Å². The Morgan fingerprint density at radius 3 is 2.48 bits per heavy atom.